The zero-order valence-electron chi connectivity index (χ0n) is 26.2. The van der Waals surface area contributed by atoms with E-state index in [1.807, 2.05) is 0 Å². The maximum absolute atomic E-state index is 6.56. The molecule has 230 valence electrons. The first-order valence-electron chi connectivity index (χ1n) is 16.7. The van der Waals surface area contributed by atoms with E-state index in [1.165, 1.54) is 60.8 Å². The minimum absolute atomic E-state index is 0.0695. The molecule has 0 amide bonds. The number of ether oxygens (including phenoxy) is 1. The predicted octanol–water partition coefficient (Wildman–Crippen LogP) is 9.49. The van der Waals surface area contributed by atoms with Gasteiger partial charge >= 0.3 is 0 Å². The highest BCUT2D eigenvalue weighted by Crippen LogP contribution is 2.62. The van der Waals surface area contributed by atoms with Gasteiger partial charge in [-0.15, -0.1) is 0 Å². The lowest BCUT2D eigenvalue weighted by molar-refractivity contribution is 0.203. The molecule has 4 heteroatoms. The lowest BCUT2D eigenvalue weighted by Gasteiger charge is -2.41. The summed E-state index contributed by atoms with van der Waals surface area (Å²) in [5.74, 6) is 1.81. The van der Waals surface area contributed by atoms with Crippen LogP contribution in [0.25, 0.3) is 21.9 Å². The van der Waals surface area contributed by atoms with E-state index < -0.39 is 5.41 Å². The van der Waals surface area contributed by atoms with Crippen LogP contribution in [0.15, 0.2) is 164 Å². The van der Waals surface area contributed by atoms with Crippen LogP contribution in [0.3, 0.4) is 0 Å². The molecule has 3 unspecified atom stereocenters. The van der Waals surface area contributed by atoms with Crippen LogP contribution in [0, 0.1) is 0 Å². The van der Waals surface area contributed by atoms with Gasteiger partial charge in [-0.1, -0.05) is 146 Å². The Morgan fingerprint density at radius 1 is 0.417 bits per heavy atom. The largest absolute Gasteiger partial charge is 0.457 e. The molecule has 1 spiro atoms. The number of nitrogens with one attached hydrogen (secondary N) is 3. The third-order valence-electron chi connectivity index (χ3n) is 10.5. The van der Waals surface area contributed by atoms with Gasteiger partial charge in [-0.3, -0.25) is 16.0 Å². The molecular weight excluding hydrogens is 587 g/mol. The van der Waals surface area contributed by atoms with E-state index in [0.29, 0.717) is 0 Å². The van der Waals surface area contributed by atoms with Crippen molar-refractivity contribution in [3.63, 3.8) is 0 Å². The SMILES string of the molecule is c1ccc(C2NC(c3ccc4ccccc4c3)NC(c3cccc4c3-c3ccccc3C43c4ccccc4Oc4ccccc43)N2)cc1. The number of fused-ring (bicyclic) bond motifs is 10. The first kappa shape index (κ1) is 27.6. The molecule has 1 fully saturated rings. The summed E-state index contributed by atoms with van der Waals surface area (Å²) in [5, 5.41) is 14.3. The Kier molecular flexibility index (Phi) is 6.18. The maximum atomic E-state index is 6.56. The minimum Gasteiger partial charge on any atom is -0.457 e. The zero-order chi connectivity index (χ0) is 31.7. The molecule has 2 heterocycles. The van der Waals surface area contributed by atoms with E-state index in [2.05, 4.69) is 180 Å². The standard InChI is InChI=1S/C44H33N3O/c1-2-14-29(15-3-1)41-45-42(31-26-25-28-13-4-5-16-30(28)27-31)47-43(46-41)33-18-12-22-37-40(33)32-17-6-7-19-34(32)44(37)35-20-8-10-23-38(35)48-39-24-11-9-21-36(39)44/h1-27,41-43,45-47H. The molecule has 0 radical (unpaired) electrons. The smallest absolute Gasteiger partial charge is 0.132 e. The maximum Gasteiger partial charge on any atom is 0.132 e. The molecule has 7 aromatic carbocycles. The van der Waals surface area contributed by atoms with Gasteiger partial charge in [-0.05, 0) is 67.9 Å². The van der Waals surface area contributed by atoms with E-state index in [9.17, 15) is 0 Å². The molecule has 0 saturated carbocycles. The van der Waals surface area contributed by atoms with Gasteiger partial charge in [0.25, 0.3) is 0 Å². The van der Waals surface area contributed by atoms with Gasteiger partial charge in [0, 0.05) is 11.1 Å². The topological polar surface area (TPSA) is 45.3 Å². The molecule has 0 bridgehead atoms. The summed E-state index contributed by atoms with van der Waals surface area (Å²) in [6.07, 6.45) is -0.298. The lowest BCUT2D eigenvalue weighted by atomic mass is 9.66. The van der Waals surface area contributed by atoms with Crippen molar-refractivity contribution in [2.45, 2.75) is 23.9 Å². The summed E-state index contributed by atoms with van der Waals surface area (Å²) in [5.41, 5.74) is 10.6. The third-order valence-corrected chi connectivity index (χ3v) is 10.5. The fourth-order valence-corrected chi connectivity index (χ4v) is 8.41. The third kappa shape index (κ3) is 4.01. The summed E-state index contributed by atoms with van der Waals surface area (Å²) in [6, 6.07) is 58.9. The van der Waals surface area contributed by atoms with Crippen LogP contribution in [-0.2, 0) is 5.41 Å². The van der Waals surface area contributed by atoms with Gasteiger partial charge in [0.05, 0.1) is 23.9 Å². The first-order valence-corrected chi connectivity index (χ1v) is 16.7. The van der Waals surface area contributed by atoms with E-state index in [1.54, 1.807) is 0 Å². The molecule has 7 aromatic rings. The van der Waals surface area contributed by atoms with Crippen LogP contribution in [0.1, 0.15) is 57.4 Å². The van der Waals surface area contributed by atoms with Crippen LogP contribution < -0.4 is 20.7 Å². The monoisotopic (exact) mass is 619 g/mol. The van der Waals surface area contributed by atoms with Crippen molar-refractivity contribution in [2.75, 3.05) is 0 Å². The number of hydrogen-bond donors (Lipinski definition) is 3. The number of para-hydroxylation sites is 2. The normalized spacial score (nSPS) is 20.0. The molecule has 0 aromatic heterocycles. The second-order valence-electron chi connectivity index (χ2n) is 13.0. The average Bonchev–Trinajstić information content (AvgIpc) is 3.46. The Bertz CT molecular complexity index is 2300. The highest BCUT2D eigenvalue weighted by molar-refractivity contribution is 5.90. The molecule has 3 atom stereocenters. The van der Waals surface area contributed by atoms with Crippen LogP contribution in [0.2, 0.25) is 0 Å². The van der Waals surface area contributed by atoms with Gasteiger partial charge in [0.15, 0.2) is 0 Å². The van der Waals surface area contributed by atoms with Crippen LogP contribution >= 0.6 is 0 Å². The molecule has 1 saturated heterocycles. The lowest BCUT2D eigenvalue weighted by Crippen LogP contribution is -2.54. The second-order valence-corrected chi connectivity index (χ2v) is 13.0. The van der Waals surface area contributed by atoms with Gasteiger partial charge < -0.3 is 4.74 Å². The highest BCUT2D eigenvalue weighted by Gasteiger charge is 2.52. The molecule has 2 aliphatic heterocycles. The van der Waals surface area contributed by atoms with Crippen LogP contribution in [0.5, 0.6) is 11.5 Å². The van der Waals surface area contributed by atoms with Gasteiger partial charge in [0.1, 0.15) is 11.5 Å². The molecule has 3 aliphatic rings. The number of rotatable bonds is 3. The van der Waals surface area contributed by atoms with Gasteiger partial charge in [-0.25, -0.2) is 0 Å². The van der Waals surface area contributed by atoms with Crippen molar-refractivity contribution in [1.29, 1.82) is 0 Å². The average molecular weight is 620 g/mol. The molecule has 4 nitrogen and oxygen atoms in total. The first-order chi connectivity index (χ1) is 23.8. The van der Waals surface area contributed by atoms with Crippen LogP contribution in [0.4, 0.5) is 0 Å². The Balaban J connectivity index is 1.18. The predicted molar refractivity (Wildman–Crippen MR) is 192 cm³/mol. The highest BCUT2D eigenvalue weighted by atomic mass is 16.5. The van der Waals surface area contributed by atoms with Crippen molar-refractivity contribution in [2.24, 2.45) is 0 Å². The summed E-state index contributed by atoms with van der Waals surface area (Å²) < 4.78 is 6.56. The molecule has 3 N–H and O–H groups in total. The minimum atomic E-state index is -0.503. The van der Waals surface area contributed by atoms with Crippen molar-refractivity contribution in [3.8, 4) is 22.6 Å². The zero-order valence-corrected chi connectivity index (χ0v) is 26.2. The van der Waals surface area contributed by atoms with Crippen molar-refractivity contribution in [3.05, 3.63) is 203 Å². The fourth-order valence-electron chi connectivity index (χ4n) is 8.41. The van der Waals surface area contributed by atoms with Gasteiger partial charge in [0.2, 0.25) is 0 Å². The number of hydrogen-bond acceptors (Lipinski definition) is 4. The van der Waals surface area contributed by atoms with Gasteiger partial charge in [-0.2, -0.15) is 0 Å². The summed E-state index contributed by atoms with van der Waals surface area (Å²) in [7, 11) is 0. The second kappa shape index (κ2) is 10.8. The quantitative estimate of drug-likeness (QED) is 0.184. The summed E-state index contributed by atoms with van der Waals surface area (Å²) in [6.45, 7) is 0. The van der Waals surface area contributed by atoms with E-state index in [0.717, 1.165) is 11.5 Å². The Labute approximate surface area is 280 Å². The molecule has 48 heavy (non-hydrogen) atoms. The van der Waals surface area contributed by atoms with Crippen LogP contribution in [-0.4, -0.2) is 0 Å². The molecule has 1 aliphatic carbocycles. The van der Waals surface area contributed by atoms with E-state index >= 15 is 0 Å². The van der Waals surface area contributed by atoms with Crippen molar-refractivity contribution < 1.29 is 4.74 Å². The summed E-state index contributed by atoms with van der Waals surface area (Å²) >= 11 is 0. The molecular formula is C44H33N3O. The van der Waals surface area contributed by atoms with Crippen molar-refractivity contribution >= 4 is 10.8 Å². The summed E-state index contributed by atoms with van der Waals surface area (Å²) in [4.78, 5) is 0. The Morgan fingerprint density at radius 3 is 1.77 bits per heavy atom. The fraction of sp³-hybridized carbons (Fsp3) is 0.0909. The van der Waals surface area contributed by atoms with Crippen molar-refractivity contribution in [1.82, 2.24) is 16.0 Å². The Hall–Kier alpha value is -5.52. The number of benzene rings is 7. The molecule has 10 rings (SSSR count). The van der Waals surface area contributed by atoms with E-state index in [-0.39, 0.29) is 18.5 Å². The van der Waals surface area contributed by atoms with E-state index in [4.69, 9.17) is 4.74 Å². The Morgan fingerprint density at radius 2 is 1.00 bits per heavy atom.